The molecule has 2 amide bonds. The second-order valence-corrected chi connectivity index (χ2v) is 6.91. The summed E-state index contributed by atoms with van der Waals surface area (Å²) in [5.41, 5.74) is 1.29. The van der Waals surface area contributed by atoms with Crippen LogP contribution in [-0.4, -0.2) is 42.8 Å². The highest BCUT2D eigenvalue weighted by Gasteiger charge is 2.25. The quantitative estimate of drug-likeness (QED) is 0.807. The molecule has 0 radical (unpaired) electrons. The molecule has 144 valence electrons. The zero-order chi connectivity index (χ0) is 19.1. The van der Waals surface area contributed by atoms with E-state index in [-0.39, 0.29) is 18.2 Å². The Labute approximate surface area is 161 Å². The Bertz CT molecular complexity index is 735. The van der Waals surface area contributed by atoms with Crippen molar-refractivity contribution in [1.82, 2.24) is 10.2 Å². The molecule has 1 aliphatic rings. The number of carbonyl (C=O) groups excluding carboxylic acids is 1. The van der Waals surface area contributed by atoms with Crippen molar-refractivity contribution in [2.24, 2.45) is 0 Å². The minimum atomic E-state index is -0.162. The van der Waals surface area contributed by atoms with Gasteiger partial charge in [0.25, 0.3) is 0 Å². The molecule has 5 nitrogen and oxygen atoms in total. The van der Waals surface area contributed by atoms with Gasteiger partial charge in [0.05, 0.1) is 6.54 Å². The first-order valence-corrected chi connectivity index (χ1v) is 9.63. The summed E-state index contributed by atoms with van der Waals surface area (Å²) in [7, 11) is 0. The lowest BCUT2D eigenvalue weighted by molar-refractivity contribution is 0.0672. The van der Waals surface area contributed by atoms with Crippen molar-refractivity contribution in [3.05, 3.63) is 60.2 Å². The summed E-state index contributed by atoms with van der Waals surface area (Å²) in [4.78, 5) is 14.4. The summed E-state index contributed by atoms with van der Waals surface area (Å²) in [5, 5.41) is 3.10. The van der Waals surface area contributed by atoms with E-state index in [2.05, 4.69) is 17.4 Å². The molecule has 2 aromatic rings. The number of carbonyl (C=O) groups is 1. The van der Waals surface area contributed by atoms with Gasteiger partial charge in [0.15, 0.2) is 17.6 Å². The fourth-order valence-corrected chi connectivity index (χ4v) is 3.16. The molecule has 27 heavy (non-hydrogen) atoms. The lowest BCUT2D eigenvalue weighted by Crippen LogP contribution is -2.49. The highest BCUT2D eigenvalue weighted by Crippen LogP contribution is 2.31. The van der Waals surface area contributed by atoms with Crippen LogP contribution in [0.3, 0.4) is 0 Å². The molecule has 0 fully saturated rings. The van der Waals surface area contributed by atoms with Crippen molar-refractivity contribution >= 4 is 6.03 Å². The Kier molecular flexibility index (Phi) is 6.58. The molecule has 5 heteroatoms. The maximum Gasteiger partial charge on any atom is 0.317 e. The topological polar surface area (TPSA) is 50.8 Å². The Morgan fingerprint density at radius 2 is 1.85 bits per heavy atom. The van der Waals surface area contributed by atoms with Gasteiger partial charge in [-0.05, 0) is 44.4 Å². The fourth-order valence-electron chi connectivity index (χ4n) is 3.16. The van der Waals surface area contributed by atoms with Gasteiger partial charge in [-0.2, -0.15) is 0 Å². The van der Waals surface area contributed by atoms with Gasteiger partial charge in [0, 0.05) is 12.6 Å². The number of nitrogens with zero attached hydrogens (tertiary/aromatic N) is 1. The summed E-state index contributed by atoms with van der Waals surface area (Å²) < 4.78 is 11.7. The molecule has 1 N–H and O–H groups in total. The number of hydrogen-bond acceptors (Lipinski definition) is 3. The molecular weight excluding hydrogens is 340 g/mol. The number of benzene rings is 2. The number of hydrogen-bond donors (Lipinski definition) is 1. The van der Waals surface area contributed by atoms with Crippen LogP contribution in [0, 0.1) is 0 Å². The SMILES string of the molecule is CCN(CC1COc2ccccc2O1)C(=O)NC(C)CCc1ccccc1. The molecule has 0 spiro atoms. The summed E-state index contributed by atoms with van der Waals surface area (Å²) in [6, 6.07) is 18.0. The van der Waals surface area contributed by atoms with Gasteiger partial charge in [-0.1, -0.05) is 42.5 Å². The number of aryl methyl sites for hydroxylation is 1. The molecule has 0 bridgehead atoms. The molecule has 0 aliphatic carbocycles. The Morgan fingerprint density at radius 1 is 1.15 bits per heavy atom. The minimum absolute atomic E-state index is 0.0551. The van der Waals surface area contributed by atoms with Gasteiger partial charge in [-0.25, -0.2) is 4.79 Å². The summed E-state index contributed by atoms with van der Waals surface area (Å²) in [6.45, 7) is 5.60. The molecular formula is C22H28N2O3. The van der Waals surface area contributed by atoms with Crippen molar-refractivity contribution < 1.29 is 14.3 Å². The number of para-hydroxylation sites is 2. The number of nitrogens with one attached hydrogen (secondary N) is 1. The van der Waals surface area contributed by atoms with E-state index in [4.69, 9.17) is 9.47 Å². The summed E-state index contributed by atoms with van der Waals surface area (Å²) in [6.07, 6.45) is 1.69. The van der Waals surface area contributed by atoms with E-state index in [1.54, 1.807) is 4.90 Å². The van der Waals surface area contributed by atoms with Crippen molar-refractivity contribution in [3.8, 4) is 11.5 Å². The van der Waals surface area contributed by atoms with Crippen LogP contribution in [0.4, 0.5) is 4.79 Å². The smallest absolute Gasteiger partial charge is 0.317 e. The first-order chi connectivity index (χ1) is 13.2. The van der Waals surface area contributed by atoms with E-state index in [1.807, 2.05) is 56.3 Å². The molecule has 0 aromatic heterocycles. The predicted molar refractivity (Wildman–Crippen MR) is 106 cm³/mol. The second kappa shape index (κ2) is 9.31. The lowest BCUT2D eigenvalue weighted by Gasteiger charge is -2.31. The first kappa shape index (κ1) is 19.1. The van der Waals surface area contributed by atoms with Gasteiger partial charge in [-0.3, -0.25) is 0 Å². The standard InChI is InChI=1S/C22H28N2O3/c1-3-24(15-19-16-26-20-11-7-8-12-21(20)27-19)22(25)23-17(2)13-14-18-9-5-4-6-10-18/h4-12,17,19H,3,13-16H2,1-2H3,(H,23,25). The first-order valence-electron chi connectivity index (χ1n) is 9.63. The molecule has 1 aliphatic heterocycles. The molecule has 2 atom stereocenters. The number of rotatable bonds is 7. The van der Waals surface area contributed by atoms with Gasteiger partial charge in [0.2, 0.25) is 0 Å². The van der Waals surface area contributed by atoms with Gasteiger partial charge in [0.1, 0.15) is 6.61 Å². The van der Waals surface area contributed by atoms with Gasteiger partial charge < -0.3 is 19.7 Å². The van der Waals surface area contributed by atoms with Gasteiger partial charge >= 0.3 is 6.03 Å². The van der Waals surface area contributed by atoms with Gasteiger partial charge in [-0.15, -0.1) is 0 Å². The van der Waals surface area contributed by atoms with Crippen molar-refractivity contribution in [2.75, 3.05) is 19.7 Å². The maximum atomic E-state index is 12.6. The predicted octanol–water partition coefficient (Wildman–Crippen LogP) is 3.88. The highest BCUT2D eigenvalue weighted by molar-refractivity contribution is 5.74. The molecule has 2 unspecified atom stereocenters. The second-order valence-electron chi connectivity index (χ2n) is 6.91. The van der Waals surface area contributed by atoms with Crippen molar-refractivity contribution in [2.45, 2.75) is 38.8 Å². The number of fused-ring (bicyclic) bond motifs is 1. The van der Waals surface area contributed by atoms with E-state index >= 15 is 0 Å². The van der Waals surface area contributed by atoms with Crippen molar-refractivity contribution in [3.63, 3.8) is 0 Å². The van der Waals surface area contributed by atoms with Crippen LogP contribution in [0.2, 0.25) is 0 Å². The minimum Gasteiger partial charge on any atom is -0.486 e. The third-order valence-electron chi connectivity index (χ3n) is 4.74. The molecule has 1 heterocycles. The highest BCUT2D eigenvalue weighted by atomic mass is 16.6. The van der Waals surface area contributed by atoms with Crippen LogP contribution in [0.1, 0.15) is 25.8 Å². The molecule has 0 saturated heterocycles. The number of ether oxygens (including phenoxy) is 2. The van der Waals surface area contributed by atoms with Crippen LogP contribution in [0.25, 0.3) is 0 Å². The van der Waals surface area contributed by atoms with Crippen LogP contribution in [0.5, 0.6) is 11.5 Å². The number of likely N-dealkylation sites (N-methyl/N-ethyl adjacent to an activating group) is 1. The van der Waals surface area contributed by atoms with E-state index in [0.717, 1.165) is 24.3 Å². The van der Waals surface area contributed by atoms with E-state index in [1.165, 1.54) is 5.56 Å². The van der Waals surface area contributed by atoms with Crippen LogP contribution >= 0.6 is 0 Å². The van der Waals surface area contributed by atoms with E-state index < -0.39 is 0 Å². The third-order valence-corrected chi connectivity index (χ3v) is 4.74. The Balaban J connectivity index is 1.47. The maximum absolute atomic E-state index is 12.6. The van der Waals surface area contributed by atoms with Crippen molar-refractivity contribution in [1.29, 1.82) is 0 Å². The van der Waals surface area contributed by atoms with E-state index in [9.17, 15) is 4.79 Å². The van der Waals surface area contributed by atoms with Crippen LogP contribution in [-0.2, 0) is 6.42 Å². The van der Waals surface area contributed by atoms with Crippen LogP contribution in [0.15, 0.2) is 54.6 Å². The monoisotopic (exact) mass is 368 g/mol. The number of amides is 2. The fraction of sp³-hybridized carbons (Fsp3) is 0.409. The number of urea groups is 1. The van der Waals surface area contributed by atoms with E-state index in [0.29, 0.717) is 19.7 Å². The molecule has 0 saturated carbocycles. The average molecular weight is 368 g/mol. The third kappa shape index (κ3) is 5.39. The molecule has 3 rings (SSSR count). The Morgan fingerprint density at radius 3 is 2.59 bits per heavy atom. The zero-order valence-electron chi connectivity index (χ0n) is 16.1. The molecule has 2 aromatic carbocycles. The largest absolute Gasteiger partial charge is 0.486 e. The zero-order valence-corrected chi connectivity index (χ0v) is 16.1. The Hall–Kier alpha value is -2.69. The van der Waals surface area contributed by atoms with Crippen LogP contribution < -0.4 is 14.8 Å². The normalized spacial score (nSPS) is 16.4. The summed E-state index contributed by atoms with van der Waals surface area (Å²) in [5.74, 6) is 1.50. The lowest BCUT2D eigenvalue weighted by atomic mass is 10.1. The average Bonchev–Trinajstić information content (AvgIpc) is 2.71. The summed E-state index contributed by atoms with van der Waals surface area (Å²) >= 11 is 0.